The lowest BCUT2D eigenvalue weighted by Gasteiger charge is -2.39. The van der Waals surface area contributed by atoms with E-state index in [9.17, 15) is 0 Å². The number of piperidine rings is 1. The number of rotatable bonds is 2. The molecule has 2 nitrogen and oxygen atoms in total. The maximum atomic E-state index is 3.63. The Morgan fingerprint density at radius 3 is 2.75 bits per heavy atom. The zero-order chi connectivity index (χ0) is 11.5. The summed E-state index contributed by atoms with van der Waals surface area (Å²) in [5.41, 5.74) is 1.32. The molecule has 2 rings (SSSR count). The third-order valence-corrected chi connectivity index (χ3v) is 4.12. The fourth-order valence-corrected chi connectivity index (χ4v) is 2.99. The fraction of sp³-hybridized carbons (Fsp3) is 0.538. The Bertz CT molecular complexity index is 354. The molecule has 2 unspecified atom stereocenters. The van der Waals surface area contributed by atoms with Gasteiger partial charge < -0.3 is 10.2 Å². The average molecular weight is 283 g/mol. The van der Waals surface area contributed by atoms with E-state index in [2.05, 4.69) is 64.4 Å². The van der Waals surface area contributed by atoms with Crippen LogP contribution < -0.4 is 10.2 Å². The summed E-state index contributed by atoms with van der Waals surface area (Å²) < 4.78 is 1.20. The van der Waals surface area contributed by atoms with Crippen LogP contribution in [0.1, 0.15) is 19.8 Å². The van der Waals surface area contributed by atoms with E-state index in [-0.39, 0.29) is 0 Å². The molecule has 1 saturated heterocycles. The van der Waals surface area contributed by atoms with Crippen molar-refractivity contribution in [3.63, 3.8) is 0 Å². The summed E-state index contributed by atoms with van der Waals surface area (Å²) in [4.78, 5) is 2.50. The third-order valence-electron chi connectivity index (χ3n) is 3.45. The summed E-state index contributed by atoms with van der Waals surface area (Å²) in [5, 5.41) is 3.38. The largest absolute Gasteiger partial charge is 0.368 e. The SMILES string of the molecule is CNC1CCN(c2ccccc2Br)C(C)C1. The van der Waals surface area contributed by atoms with Gasteiger partial charge in [-0.3, -0.25) is 0 Å². The van der Waals surface area contributed by atoms with E-state index >= 15 is 0 Å². The topological polar surface area (TPSA) is 15.3 Å². The number of anilines is 1. The van der Waals surface area contributed by atoms with Gasteiger partial charge >= 0.3 is 0 Å². The molecule has 1 aromatic rings. The van der Waals surface area contributed by atoms with Crippen molar-refractivity contribution in [3.8, 4) is 0 Å². The van der Waals surface area contributed by atoms with Gasteiger partial charge in [-0.05, 0) is 54.9 Å². The molecule has 0 spiro atoms. The zero-order valence-electron chi connectivity index (χ0n) is 9.91. The number of benzene rings is 1. The molecule has 0 saturated carbocycles. The number of halogens is 1. The first-order valence-corrected chi connectivity index (χ1v) is 6.70. The fourth-order valence-electron chi connectivity index (χ4n) is 2.48. The number of nitrogens with one attached hydrogen (secondary N) is 1. The normalized spacial score (nSPS) is 25.8. The number of para-hydroxylation sites is 1. The molecule has 3 heteroatoms. The second kappa shape index (κ2) is 5.19. The van der Waals surface area contributed by atoms with E-state index in [1.807, 2.05) is 0 Å². The van der Waals surface area contributed by atoms with E-state index in [1.165, 1.54) is 23.0 Å². The van der Waals surface area contributed by atoms with E-state index in [4.69, 9.17) is 0 Å². The van der Waals surface area contributed by atoms with Crippen molar-refractivity contribution >= 4 is 21.6 Å². The van der Waals surface area contributed by atoms with Gasteiger partial charge in [0.1, 0.15) is 0 Å². The minimum atomic E-state index is 0.602. The van der Waals surface area contributed by atoms with Crippen LogP contribution in [0.3, 0.4) is 0 Å². The van der Waals surface area contributed by atoms with Crippen LogP contribution in [0.15, 0.2) is 28.7 Å². The number of hydrogen-bond donors (Lipinski definition) is 1. The summed E-state index contributed by atoms with van der Waals surface area (Å²) in [6.07, 6.45) is 2.44. The summed E-state index contributed by atoms with van der Waals surface area (Å²) in [6.45, 7) is 3.44. The van der Waals surface area contributed by atoms with Crippen LogP contribution in [0.25, 0.3) is 0 Å². The maximum absolute atomic E-state index is 3.63. The van der Waals surface area contributed by atoms with Crippen LogP contribution in [0.5, 0.6) is 0 Å². The van der Waals surface area contributed by atoms with Gasteiger partial charge in [0.25, 0.3) is 0 Å². The van der Waals surface area contributed by atoms with Gasteiger partial charge in [0.05, 0.1) is 5.69 Å². The van der Waals surface area contributed by atoms with Gasteiger partial charge in [0.15, 0.2) is 0 Å². The minimum Gasteiger partial charge on any atom is -0.368 e. The monoisotopic (exact) mass is 282 g/mol. The van der Waals surface area contributed by atoms with Crippen molar-refractivity contribution in [1.82, 2.24) is 5.32 Å². The van der Waals surface area contributed by atoms with Gasteiger partial charge in [-0.25, -0.2) is 0 Å². The van der Waals surface area contributed by atoms with Crippen molar-refractivity contribution in [2.45, 2.75) is 31.8 Å². The second-order valence-corrected chi connectivity index (χ2v) is 5.36. The van der Waals surface area contributed by atoms with Crippen LogP contribution in [0, 0.1) is 0 Å². The highest BCUT2D eigenvalue weighted by Gasteiger charge is 2.25. The van der Waals surface area contributed by atoms with Crippen LogP contribution in [-0.4, -0.2) is 25.7 Å². The lowest BCUT2D eigenvalue weighted by molar-refractivity contribution is 0.387. The molecule has 0 aromatic heterocycles. The Kier molecular flexibility index (Phi) is 3.87. The van der Waals surface area contributed by atoms with Crippen molar-refractivity contribution in [1.29, 1.82) is 0 Å². The highest BCUT2D eigenvalue weighted by atomic mass is 79.9. The van der Waals surface area contributed by atoms with Crippen LogP contribution in [-0.2, 0) is 0 Å². The molecule has 88 valence electrons. The third kappa shape index (κ3) is 2.41. The van der Waals surface area contributed by atoms with Gasteiger partial charge in [0.2, 0.25) is 0 Å². The highest BCUT2D eigenvalue weighted by Crippen LogP contribution is 2.30. The quantitative estimate of drug-likeness (QED) is 0.897. The molecule has 1 aliphatic heterocycles. The van der Waals surface area contributed by atoms with Crippen LogP contribution in [0.2, 0.25) is 0 Å². The number of nitrogens with zero attached hydrogens (tertiary/aromatic N) is 1. The summed E-state index contributed by atoms with van der Waals surface area (Å²) in [7, 11) is 2.06. The van der Waals surface area contributed by atoms with Gasteiger partial charge in [-0.2, -0.15) is 0 Å². The predicted octanol–water partition coefficient (Wildman–Crippen LogP) is 3.03. The Morgan fingerprint density at radius 1 is 1.38 bits per heavy atom. The van der Waals surface area contributed by atoms with Crippen molar-refractivity contribution in [3.05, 3.63) is 28.7 Å². The molecule has 1 aromatic carbocycles. The van der Waals surface area contributed by atoms with Crippen molar-refractivity contribution in [2.24, 2.45) is 0 Å². The van der Waals surface area contributed by atoms with E-state index in [0.29, 0.717) is 12.1 Å². The molecule has 1 aliphatic rings. The van der Waals surface area contributed by atoms with Crippen molar-refractivity contribution in [2.75, 3.05) is 18.5 Å². The molecule has 1 N–H and O–H groups in total. The van der Waals surface area contributed by atoms with Crippen LogP contribution in [0.4, 0.5) is 5.69 Å². The van der Waals surface area contributed by atoms with Crippen molar-refractivity contribution < 1.29 is 0 Å². The Hall–Kier alpha value is -0.540. The molecule has 0 aliphatic carbocycles. The Labute approximate surface area is 106 Å². The lowest BCUT2D eigenvalue weighted by atomic mass is 9.98. The Balaban J connectivity index is 2.14. The summed E-state index contributed by atoms with van der Waals surface area (Å²) in [6, 6.07) is 9.76. The summed E-state index contributed by atoms with van der Waals surface area (Å²) in [5.74, 6) is 0. The average Bonchev–Trinajstić information content (AvgIpc) is 2.30. The zero-order valence-corrected chi connectivity index (χ0v) is 11.5. The van der Waals surface area contributed by atoms with E-state index in [1.54, 1.807) is 0 Å². The minimum absolute atomic E-state index is 0.602. The van der Waals surface area contributed by atoms with Gasteiger partial charge in [-0.1, -0.05) is 12.1 Å². The van der Waals surface area contributed by atoms with E-state index < -0.39 is 0 Å². The molecule has 1 heterocycles. The highest BCUT2D eigenvalue weighted by molar-refractivity contribution is 9.10. The second-order valence-electron chi connectivity index (χ2n) is 4.50. The van der Waals surface area contributed by atoms with Gasteiger partial charge in [0, 0.05) is 23.1 Å². The Morgan fingerprint density at radius 2 is 2.12 bits per heavy atom. The smallest absolute Gasteiger partial charge is 0.0513 e. The van der Waals surface area contributed by atoms with Gasteiger partial charge in [-0.15, -0.1) is 0 Å². The molecule has 2 atom stereocenters. The maximum Gasteiger partial charge on any atom is 0.0513 e. The number of hydrogen-bond acceptors (Lipinski definition) is 2. The first kappa shape index (κ1) is 11.9. The molecule has 1 fully saturated rings. The predicted molar refractivity (Wildman–Crippen MR) is 73.0 cm³/mol. The first-order valence-electron chi connectivity index (χ1n) is 5.91. The van der Waals surface area contributed by atoms with Crippen LogP contribution >= 0.6 is 15.9 Å². The molecule has 0 radical (unpaired) electrons. The summed E-state index contributed by atoms with van der Waals surface area (Å²) >= 11 is 3.63. The molecule has 0 amide bonds. The molecule has 0 bridgehead atoms. The first-order chi connectivity index (χ1) is 7.72. The standard InChI is InChI=1S/C13H19BrN2/c1-10-9-11(15-2)7-8-16(10)13-6-4-3-5-12(13)14/h3-6,10-11,15H,7-9H2,1-2H3. The molecule has 16 heavy (non-hydrogen) atoms. The van der Waals surface area contributed by atoms with E-state index in [0.717, 1.165) is 6.54 Å². The molecular formula is C13H19BrN2. The molecular weight excluding hydrogens is 264 g/mol. The lowest BCUT2D eigenvalue weighted by Crippen LogP contribution is -2.46.